The molecular weight excluding hydrogens is 292 g/mol. The molecule has 1 aromatic rings. The van der Waals surface area contributed by atoms with Crippen molar-refractivity contribution in [2.75, 3.05) is 26.7 Å². The first-order valence-corrected chi connectivity index (χ1v) is 8.15. The molecule has 1 aliphatic heterocycles. The van der Waals surface area contributed by atoms with Crippen LogP contribution in [0.3, 0.4) is 0 Å². The van der Waals surface area contributed by atoms with E-state index in [0.717, 1.165) is 5.56 Å². The summed E-state index contributed by atoms with van der Waals surface area (Å²) in [6.45, 7) is 5.33. The summed E-state index contributed by atoms with van der Waals surface area (Å²) in [6, 6.07) is 9.83. The van der Waals surface area contributed by atoms with E-state index in [1.807, 2.05) is 44.2 Å². The van der Waals surface area contributed by atoms with Crippen LogP contribution in [0.15, 0.2) is 30.3 Å². The Kier molecular flexibility index (Phi) is 6.12. The van der Waals surface area contributed by atoms with Crippen molar-refractivity contribution in [2.24, 2.45) is 0 Å². The number of hydrazine groups is 1. The zero-order chi connectivity index (χ0) is 16.8. The molecule has 2 atom stereocenters. The zero-order valence-electron chi connectivity index (χ0n) is 14.1. The van der Waals surface area contributed by atoms with Crippen molar-refractivity contribution >= 4 is 11.8 Å². The lowest BCUT2D eigenvalue weighted by molar-refractivity contribution is -0.140. The summed E-state index contributed by atoms with van der Waals surface area (Å²) < 4.78 is 0. The lowest BCUT2D eigenvalue weighted by Gasteiger charge is -2.24. The number of amides is 2. The van der Waals surface area contributed by atoms with Gasteiger partial charge in [-0.05, 0) is 25.8 Å². The van der Waals surface area contributed by atoms with Gasteiger partial charge in [-0.3, -0.25) is 9.59 Å². The minimum absolute atomic E-state index is 0.0172. The molecule has 1 saturated heterocycles. The molecule has 1 aliphatic rings. The van der Waals surface area contributed by atoms with E-state index in [2.05, 4.69) is 10.9 Å². The number of nitrogens with one attached hydrogen (secondary N) is 2. The van der Waals surface area contributed by atoms with Crippen LogP contribution in [0, 0.1) is 0 Å². The van der Waals surface area contributed by atoms with E-state index in [-0.39, 0.29) is 30.4 Å². The third kappa shape index (κ3) is 4.30. The molecule has 126 valence electrons. The summed E-state index contributed by atoms with van der Waals surface area (Å²) in [7, 11) is 1.68. The van der Waals surface area contributed by atoms with Crippen LogP contribution in [0.1, 0.15) is 31.9 Å². The molecule has 1 aromatic carbocycles. The average molecular weight is 318 g/mol. The largest absolute Gasteiger partial charge is 0.342 e. The number of nitrogens with zero attached hydrogens (tertiary/aromatic N) is 2. The van der Waals surface area contributed by atoms with E-state index < -0.39 is 0 Å². The van der Waals surface area contributed by atoms with Crippen molar-refractivity contribution < 1.29 is 9.59 Å². The smallest absolute Gasteiger partial charge is 0.242 e. The molecule has 23 heavy (non-hydrogen) atoms. The summed E-state index contributed by atoms with van der Waals surface area (Å²) in [4.78, 5) is 27.9. The Morgan fingerprint density at radius 1 is 1.13 bits per heavy atom. The Hall–Kier alpha value is -1.92. The number of benzene rings is 1. The number of carbonyl (C=O) groups is 2. The second-order valence-corrected chi connectivity index (χ2v) is 5.80. The van der Waals surface area contributed by atoms with Crippen LogP contribution < -0.4 is 10.9 Å². The van der Waals surface area contributed by atoms with Gasteiger partial charge in [-0.15, -0.1) is 0 Å². The fourth-order valence-electron chi connectivity index (χ4n) is 2.85. The quantitative estimate of drug-likeness (QED) is 0.819. The molecule has 2 N–H and O–H groups in total. The predicted molar refractivity (Wildman–Crippen MR) is 89.4 cm³/mol. The maximum atomic E-state index is 12.5. The molecule has 2 amide bonds. The van der Waals surface area contributed by atoms with E-state index in [4.69, 9.17) is 0 Å². The van der Waals surface area contributed by atoms with Crippen LogP contribution in [-0.4, -0.2) is 54.3 Å². The van der Waals surface area contributed by atoms with Gasteiger partial charge >= 0.3 is 0 Å². The molecule has 0 spiro atoms. The Morgan fingerprint density at radius 3 is 2.39 bits per heavy atom. The standard InChI is InChI=1S/C17H26N4O2/c1-4-21(5-2)16(22)12-20(3)17(23)15-11-14(18-19-15)13-9-7-6-8-10-13/h6-10,14-15,18-19H,4-5,11-12H2,1-3H3. The van der Waals surface area contributed by atoms with Crippen molar-refractivity contribution in [1.82, 2.24) is 20.7 Å². The van der Waals surface area contributed by atoms with Crippen LogP contribution >= 0.6 is 0 Å². The van der Waals surface area contributed by atoms with Crippen molar-refractivity contribution in [3.05, 3.63) is 35.9 Å². The van der Waals surface area contributed by atoms with Gasteiger partial charge in [0.25, 0.3) is 0 Å². The van der Waals surface area contributed by atoms with Gasteiger partial charge in [-0.1, -0.05) is 30.3 Å². The minimum atomic E-state index is -0.310. The third-order valence-electron chi connectivity index (χ3n) is 4.27. The first-order chi connectivity index (χ1) is 11.1. The lowest BCUT2D eigenvalue weighted by Crippen LogP contribution is -2.48. The number of hydrogen-bond donors (Lipinski definition) is 2. The van der Waals surface area contributed by atoms with Gasteiger partial charge in [0.05, 0.1) is 6.54 Å². The average Bonchev–Trinajstić information content (AvgIpc) is 3.06. The van der Waals surface area contributed by atoms with Crippen LogP contribution in [0.5, 0.6) is 0 Å². The number of likely N-dealkylation sites (N-methyl/N-ethyl adjacent to an activating group) is 2. The van der Waals surface area contributed by atoms with Gasteiger partial charge in [-0.2, -0.15) is 0 Å². The van der Waals surface area contributed by atoms with Crippen molar-refractivity contribution in [2.45, 2.75) is 32.4 Å². The van der Waals surface area contributed by atoms with E-state index in [9.17, 15) is 9.59 Å². The SMILES string of the molecule is CCN(CC)C(=O)CN(C)C(=O)C1CC(c2ccccc2)NN1. The van der Waals surface area contributed by atoms with Crippen molar-refractivity contribution in [3.8, 4) is 0 Å². The molecule has 0 aliphatic carbocycles. The summed E-state index contributed by atoms with van der Waals surface area (Å²) in [6.07, 6.45) is 0.673. The summed E-state index contributed by atoms with van der Waals surface area (Å²) >= 11 is 0. The summed E-state index contributed by atoms with van der Waals surface area (Å²) in [5.74, 6) is -0.0761. The van der Waals surface area contributed by atoms with E-state index >= 15 is 0 Å². The van der Waals surface area contributed by atoms with Crippen molar-refractivity contribution in [3.63, 3.8) is 0 Å². The predicted octanol–water partition coefficient (Wildman–Crippen LogP) is 0.921. The fourth-order valence-corrected chi connectivity index (χ4v) is 2.85. The van der Waals surface area contributed by atoms with Crippen LogP contribution in [0.25, 0.3) is 0 Å². The number of hydrogen-bond acceptors (Lipinski definition) is 4. The van der Waals surface area contributed by atoms with Gasteiger partial charge in [0.1, 0.15) is 6.04 Å². The minimum Gasteiger partial charge on any atom is -0.342 e. The molecule has 6 heteroatoms. The summed E-state index contributed by atoms with van der Waals surface area (Å²) in [5, 5.41) is 0. The molecule has 0 radical (unpaired) electrons. The van der Waals surface area contributed by atoms with Crippen LogP contribution in [-0.2, 0) is 9.59 Å². The second-order valence-electron chi connectivity index (χ2n) is 5.80. The van der Waals surface area contributed by atoms with Gasteiger partial charge in [0.15, 0.2) is 0 Å². The highest BCUT2D eigenvalue weighted by Gasteiger charge is 2.32. The molecular formula is C17H26N4O2. The molecule has 2 rings (SSSR count). The highest BCUT2D eigenvalue weighted by atomic mass is 16.2. The highest BCUT2D eigenvalue weighted by molar-refractivity contribution is 5.87. The Labute approximate surface area is 137 Å². The van der Waals surface area contributed by atoms with E-state index in [1.165, 1.54) is 4.90 Å². The monoisotopic (exact) mass is 318 g/mol. The highest BCUT2D eigenvalue weighted by Crippen LogP contribution is 2.22. The van der Waals surface area contributed by atoms with Gasteiger partial charge < -0.3 is 9.80 Å². The Balaban J connectivity index is 1.90. The normalized spacial score (nSPS) is 20.3. The second kappa shape index (κ2) is 8.08. The van der Waals surface area contributed by atoms with Crippen molar-refractivity contribution in [1.29, 1.82) is 0 Å². The van der Waals surface area contributed by atoms with Crippen LogP contribution in [0.4, 0.5) is 0 Å². The van der Waals surface area contributed by atoms with E-state index in [0.29, 0.717) is 19.5 Å². The molecule has 1 heterocycles. The number of carbonyl (C=O) groups excluding carboxylic acids is 2. The third-order valence-corrected chi connectivity index (χ3v) is 4.27. The maximum absolute atomic E-state index is 12.5. The van der Waals surface area contributed by atoms with Gasteiger partial charge in [-0.25, -0.2) is 10.9 Å². The van der Waals surface area contributed by atoms with Crippen LogP contribution in [0.2, 0.25) is 0 Å². The molecule has 6 nitrogen and oxygen atoms in total. The molecule has 0 bridgehead atoms. The first kappa shape index (κ1) is 17.4. The molecule has 2 unspecified atom stereocenters. The Morgan fingerprint density at radius 2 is 1.78 bits per heavy atom. The molecule has 0 aromatic heterocycles. The summed E-state index contributed by atoms with van der Waals surface area (Å²) in [5.41, 5.74) is 7.36. The molecule has 0 saturated carbocycles. The lowest BCUT2D eigenvalue weighted by atomic mass is 10.0. The number of rotatable bonds is 6. The fraction of sp³-hybridized carbons (Fsp3) is 0.529. The Bertz CT molecular complexity index is 531. The van der Waals surface area contributed by atoms with Gasteiger partial charge in [0, 0.05) is 26.2 Å². The maximum Gasteiger partial charge on any atom is 0.242 e. The molecule has 1 fully saturated rings. The van der Waals surface area contributed by atoms with E-state index in [1.54, 1.807) is 11.9 Å². The topological polar surface area (TPSA) is 64.7 Å². The van der Waals surface area contributed by atoms with Gasteiger partial charge in [0.2, 0.25) is 11.8 Å². The first-order valence-electron chi connectivity index (χ1n) is 8.15. The zero-order valence-corrected chi connectivity index (χ0v) is 14.1.